The molecule has 5 nitrogen and oxygen atoms in total. The van der Waals surface area contributed by atoms with Crippen molar-refractivity contribution in [3.05, 3.63) is 137 Å². The van der Waals surface area contributed by atoms with E-state index in [0.29, 0.717) is 0 Å². The van der Waals surface area contributed by atoms with Crippen LogP contribution in [0.3, 0.4) is 0 Å². The Morgan fingerprint density at radius 3 is 2.20 bits per heavy atom. The lowest BCUT2D eigenvalue weighted by Gasteiger charge is -2.35. The fourth-order valence-electron chi connectivity index (χ4n) is 7.29. The summed E-state index contributed by atoms with van der Waals surface area (Å²) in [7, 11) is 0. The number of benzene rings is 4. The zero-order valence-electron chi connectivity index (χ0n) is 27.6. The van der Waals surface area contributed by atoms with Crippen molar-refractivity contribution in [2.75, 3.05) is 4.90 Å². The summed E-state index contributed by atoms with van der Waals surface area (Å²) in [4.78, 5) is 7.36. The lowest BCUT2D eigenvalue weighted by atomic mass is 9.73. The summed E-state index contributed by atoms with van der Waals surface area (Å²) in [5.74, 6) is 1.01. The van der Waals surface area contributed by atoms with Crippen molar-refractivity contribution in [2.24, 2.45) is 0 Å². The van der Waals surface area contributed by atoms with Gasteiger partial charge in [0.15, 0.2) is 0 Å². The molecule has 0 fully saturated rings. The highest BCUT2D eigenvalue weighted by molar-refractivity contribution is 6.12. The molecule has 7 aromatic rings. The third-order valence-electron chi connectivity index (χ3n) is 9.67. The molecule has 0 saturated carbocycles. The van der Waals surface area contributed by atoms with E-state index in [1.54, 1.807) is 0 Å². The topological polar surface area (TPSA) is 38.9 Å². The first-order chi connectivity index (χ1) is 22.0. The zero-order valence-corrected chi connectivity index (χ0v) is 27.6. The average Bonchev–Trinajstić information content (AvgIpc) is 3.56. The molecule has 0 spiro atoms. The number of nitrogens with zero attached hydrogens (tertiary/aromatic N) is 5. The highest BCUT2D eigenvalue weighted by Gasteiger charge is 2.37. The molecule has 0 N–H and O–H groups in total. The van der Waals surface area contributed by atoms with Crippen LogP contribution in [0.1, 0.15) is 62.7 Å². The van der Waals surface area contributed by atoms with E-state index in [4.69, 9.17) is 10.1 Å². The lowest BCUT2D eigenvalue weighted by Crippen LogP contribution is -2.28. The Kier molecular flexibility index (Phi) is 6.11. The van der Waals surface area contributed by atoms with Gasteiger partial charge < -0.3 is 4.90 Å². The van der Waals surface area contributed by atoms with E-state index in [1.807, 2.05) is 17.8 Å². The van der Waals surface area contributed by atoms with E-state index >= 15 is 0 Å². The Hall–Kier alpha value is -5.16. The molecule has 5 heteroatoms. The zero-order chi connectivity index (χ0) is 32.0. The summed E-state index contributed by atoms with van der Waals surface area (Å²) in [5.41, 5.74) is 12.6. The van der Waals surface area contributed by atoms with Crippen LogP contribution in [0.15, 0.2) is 109 Å². The summed E-state index contributed by atoms with van der Waals surface area (Å²) in [6, 6.07) is 37.5. The molecule has 0 unspecified atom stereocenters. The molecular formula is C41H39N5. The maximum absolute atomic E-state index is 5.02. The van der Waals surface area contributed by atoms with Gasteiger partial charge in [-0.05, 0) is 91.1 Å². The van der Waals surface area contributed by atoms with Gasteiger partial charge in [0, 0.05) is 50.7 Å². The van der Waals surface area contributed by atoms with Crippen molar-refractivity contribution >= 4 is 38.9 Å². The first kappa shape index (κ1) is 28.3. The Bertz CT molecular complexity index is 2300. The van der Waals surface area contributed by atoms with Gasteiger partial charge in [-0.15, -0.1) is 0 Å². The maximum Gasteiger partial charge on any atom is 0.141 e. The molecule has 228 valence electrons. The second-order valence-corrected chi connectivity index (χ2v) is 14.2. The molecule has 4 heterocycles. The first-order valence-electron chi connectivity index (χ1n) is 16.1. The predicted octanol–water partition coefficient (Wildman–Crippen LogP) is 10.4. The van der Waals surface area contributed by atoms with Crippen LogP contribution in [-0.4, -0.2) is 19.3 Å². The Morgan fingerprint density at radius 2 is 1.46 bits per heavy atom. The van der Waals surface area contributed by atoms with E-state index in [1.165, 1.54) is 33.0 Å². The quantitative estimate of drug-likeness (QED) is 0.201. The number of anilines is 3. The van der Waals surface area contributed by atoms with Gasteiger partial charge >= 0.3 is 0 Å². The van der Waals surface area contributed by atoms with Crippen molar-refractivity contribution in [1.82, 2.24) is 19.3 Å². The second-order valence-electron chi connectivity index (χ2n) is 14.2. The number of fused-ring (bicyclic) bond motifs is 5. The van der Waals surface area contributed by atoms with Gasteiger partial charge in [-0.2, -0.15) is 5.10 Å². The van der Waals surface area contributed by atoms with Gasteiger partial charge in [0.25, 0.3) is 0 Å². The summed E-state index contributed by atoms with van der Waals surface area (Å²) in [5, 5.41) is 7.30. The predicted molar refractivity (Wildman–Crippen MR) is 191 cm³/mol. The molecule has 0 aliphatic carbocycles. The normalized spacial score (nSPS) is 13.7. The molecule has 0 amide bonds. The number of aryl methyl sites for hydroxylation is 2. The molecule has 8 rings (SSSR count). The second kappa shape index (κ2) is 9.92. The number of pyridine rings is 1. The standard InChI is InChI=1S/C41H39N5/c1-26-21-27(2)46(43-26)32-16-11-15-30(24-32)44(29-13-9-8-10-14-29)31-18-19-33-34-22-28(40(3,4)5)23-36-38(34)45(37(33)25-31)39-35(41(36,6)7)17-12-20-42-39/h8-25H,1-7H3. The van der Waals surface area contributed by atoms with Crippen LogP contribution in [0.5, 0.6) is 0 Å². The van der Waals surface area contributed by atoms with Gasteiger partial charge in [0.05, 0.1) is 22.4 Å². The molecule has 4 aromatic carbocycles. The highest BCUT2D eigenvalue weighted by Crippen LogP contribution is 2.49. The Morgan fingerprint density at radius 1 is 0.696 bits per heavy atom. The molecule has 1 aliphatic heterocycles. The molecular weight excluding hydrogens is 562 g/mol. The van der Waals surface area contributed by atoms with E-state index in [0.717, 1.165) is 45.5 Å². The average molecular weight is 602 g/mol. The largest absolute Gasteiger partial charge is 0.310 e. The van der Waals surface area contributed by atoms with Crippen LogP contribution in [-0.2, 0) is 10.8 Å². The Labute approximate surface area is 270 Å². The van der Waals surface area contributed by atoms with Crippen molar-refractivity contribution in [3.8, 4) is 11.5 Å². The van der Waals surface area contributed by atoms with Gasteiger partial charge in [0.1, 0.15) is 5.82 Å². The summed E-state index contributed by atoms with van der Waals surface area (Å²) in [6.07, 6.45) is 1.92. The monoisotopic (exact) mass is 601 g/mol. The lowest BCUT2D eigenvalue weighted by molar-refractivity contribution is 0.581. The number of hydrogen-bond donors (Lipinski definition) is 0. The summed E-state index contributed by atoms with van der Waals surface area (Å²) < 4.78 is 4.43. The van der Waals surface area contributed by atoms with E-state index < -0.39 is 0 Å². The van der Waals surface area contributed by atoms with Crippen LogP contribution < -0.4 is 4.90 Å². The maximum atomic E-state index is 5.02. The van der Waals surface area contributed by atoms with E-state index in [-0.39, 0.29) is 10.8 Å². The third-order valence-corrected chi connectivity index (χ3v) is 9.67. The first-order valence-corrected chi connectivity index (χ1v) is 16.1. The minimum Gasteiger partial charge on any atom is -0.310 e. The van der Waals surface area contributed by atoms with Gasteiger partial charge in [-0.25, -0.2) is 9.67 Å². The number of hydrogen-bond acceptors (Lipinski definition) is 3. The molecule has 46 heavy (non-hydrogen) atoms. The van der Waals surface area contributed by atoms with Crippen LogP contribution >= 0.6 is 0 Å². The SMILES string of the molecule is Cc1cc(C)n(-c2cccc(N(c3ccccc3)c3ccc4c5cc(C(C)(C)C)cc6c5n(c4c3)-c3ncccc3C6(C)C)c2)n1. The number of para-hydroxylation sites is 1. The van der Waals surface area contributed by atoms with Crippen molar-refractivity contribution < 1.29 is 0 Å². The van der Waals surface area contributed by atoms with Crippen LogP contribution in [0, 0.1) is 13.8 Å². The summed E-state index contributed by atoms with van der Waals surface area (Å²) >= 11 is 0. The molecule has 0 atom stereocenters. The van der Waals surface area contributed by atoms with Gasteiger partial charge in [-0.1, -0.05) is 77.1 Å². The fourth-order valence-corrected chi connectivity index (χ4v) is 7.29. The number of aromatic nitrogens is 4. The van der Waals surface area contributed by atoms with Crippen molar-refractivity contribution in [3.63, 3.8) is 0 Å². The molecule has 0 bridgehead atoms. The minimum atomic E-state index is -0.185. The highest BCUT2D eigenvalue weighted by atomic mass is 15.3. The molecule has 0 radical (unpaired) electrons. The minimum absolute atomic E-state index is 0.0188. The Balaban J connectivity index is 1.42. The van der Waals surface area contributed by atoms with Crippen molar-refractivity contribution in [1.29, 1.82) is 0 Å². The van der Waals surface area contributed by atoms with Crippen molar-refractivity contribution in [2.45, 2.75) is 59.3 Å². The van der Waals surface area contributed by atoms with E-state index in [2.05, 4.69) is 154 Å². The molecule has 0 saturated heterocycles. The summed E-state index contributed by atoms with van der Waals surface area (Å²) in [6.45, 7) is 15.7. The smallest absolute Gasteiger partial charge is 0.141 e. The van der Waals surface area contributed by atoms with Crippen LogP contribution in [0.4, 0.5) is 17.1 Å². The third kappa shape index (κ3) is 4.22. The van der Waals surface area contributed by atoms with Gasteiger partial charge in [0.2, 0.25) is 0 Å². The number of rotatable bonds is 4. The van der Waals surface area contributed by atoms with Gasteiger partial charge in [-0.3, -0.25) is 4.57 Å². The van der Waals surface area contributed by atoms with Crippen LogP contribution in [0.25, 0.3) is 33.3 Å². The van der Waals surface area contributed by atoms with E-state index in [9.17, 15) is 0 Å². The fraction of sp³-hybridized carbons (Fsp3) is 0.220. The molecule has 1 aliphatic rings. The molecule has 3 aromatic heterocycles. The van der Waals surface area contributed by atoms with Crippen LogP contribution in [0.2, 0.25) is 0 Å².